The van der Waals surface area contributed by atoms with Gasteiger partial charge < -0.3 is 15.4 Å². The molecule has 0 saturated heterocycles. The van der Waals surface area contributed by atoms with Gasteiger partial charge >= 0.3 is 0 Å². The Labute approximate surface area is 200 Å². The fraction of sp³-hybridized carbons (Fsp3) is 0.261. The fourth-order valence-corrected chi connectivity index (χ4v) is 3.61. The van der Waals surface area contributed by atoms with E-state index in [0.29, 0.717) is 38.9 Å². The lowest BCUT2D eigenvalue weighted by Gasteiger charge is -2.20. The van der Waals surface area contributed by atoms with Crippen molar-refractivity contribution in [3.05, 3.63) is 59.6 Å². The molecule has 1 aromatic carbocycles. The molecule has 176 valence electrons. The average molecular weight is 482 g/mol. The van der Waals surface area contributed by atoms with Crippen molar-refractivity contribution in [1.29, 1.82) is 0 Å². The van der Waals surface area contributed by atoms with Gasteiger partial charge in [-0.3, -0.25) is 14.3 Å². The van der Waals surface area contributed by atoms with Crippen molar-refractivity contribution in [2.24, 2.45) is 0 Å². The molecule has 0 fully saturated rings. The van der Waals surface area contributed by atoms with Crippen molar-refractivity contribution >= 4 is 34.7 Å². The van der Waals surface area contributed by atoms with E-state index in [9.17, 15) is 9.59 Å². The Morgan fingerprint density at radius 1 is 1.24 bits per heavy atom. The molecule has 0 aliphatic rings. The first-order valence-electron chi connectivity index (χ1n) is 10.5. The van der Waals surface area contributed by atoms with E-state index < -0.39 is 11.4 Å². The Morgan fingerprint density at radius 3 is 2.76 bits per heavy atom. The van der Waals surface area contributed by atoms with E-state index in [1.165, 1.54) is 22.5 Å². The van der Waals surface area contributed by atoms with Crippen LogP contribution in [0.2, 0.25) is 5.02 Å². The Kier molecular flexibility index (Phi) is 6.25. The van der Waals surface area contributed by atoms with E-state index in [2.05, 4.69) is 25.8 Å². The van der Waals surface area contributed by atoms with E-state index in [4.69, 9.17) is 16.3 Å². The lowest BCUT2D eigenvalue weighted by atomic mass is 10.1. The third kappa shape index (κ3) is 5.01. The van der Waals surface area contributed by atoms with Crippen molar-refractivity contribution in [3.63, 3.8) is 0 Å². The molecule has 4 aromatic rings. The summed E-state index contributed by atoms with van der Waals surface area (Å²) in [5.41, 5.74) is 1.67. The Bertz CT molecular complexity index is 1370. The molecule has 0 radical (unpaired) electrons. The molecule has 10 nitrogen and oxygen atoms in total. The monoisotopic (exact) mass is 481 g/mol. The predicted octanol–water partition coefficient (Wildman–Crippen LogP) is 3.42. The molecule has 0 aliphatic carbocycles. The smallest absolute Gasteiger partial charge is 0.261 e. The van der Waals surface area contributed by atoms with Gasteiger partial charge in [-0.15, -0.1) is 0 Å². The van der Waals surface area contributed by atoms with Crippen LogP contribution in [-0.4, -0.2) is 48.8 Å². The van der Waals surface area contributed by atoms with Crippen molar-refractivity contribution in [1.82, 2.24) is 29.7 Å². The van der Waals surface area contributed by atoms with Crippen LogP contribution in [0.1, 0.15) is 31.1 Å². The van der Waals surface area contributed by atoms with Crippen molar-refractivity contribution in [3.8, 4) is 17.0 Å². The zero-order chi connectivity index (χ0) is 24.5. The minimum absolute atomic E-state index is 0.0404. The second-order valence-electron chi connectivity index (χ2n) is 8.63. The summed E-state index contributed by atoms with van der Waals surface area (Å²) in [6.07, 6.45) is 6.32. The summed E-state index contributed by atoms with van der Waals surface area (Å²) < 4.78 is 8.45. The number of nitrogens with zero attached hydrogens (tertiary/aromatic N) is 5. The lowest BCUT2D eigenvalue weighted by molar-refractivity contribution is -0.123. The lowest BCUT2D eigenvalue weighted by Crippen LogP contribution is -2.42. The summed E-state index contributed by atoms with van der Waals surface area (Å²) in [6, 6.07) is 6.82. The normalized spacial score (nSPS) is 11.4. The first kappa shape index (κ1) is 23.2. The molecule has 3 heterocycles. The SMILES string of the molecule is COc1ccc(Cl)cc1-c1nn(CC(=O)NC(C)(C)C)cc1NC(=O)c1cnn2cccnc12. The fourth-order valence-electron chi connectivity index (χ4n) is 3.44. The predicted molar refractivity (Wildman–Crippen MR) is 128 cm³/mol. The van der Waals surface area contributed by atoms with Crippen LogP contribution in [0.4, 0.5) is 5.69 Å². The number of benzene rings is 1. The number of rotatable bonds is 6. The number of fused-ring (bicyclic) bond motifs is 1. The number of anilines is 1. The number of carbonyl (C=O) groups excluding carboxylic acids is 2. The molecule has 2 amide bonds. The molecule has 2 N–H and O–H groups in total. The van der Waals surface area contributed by atoms with Crippen LogP contribution >= 0.6 is 11.6 Å². The summed E-state index contributed by atoms with van der Waals surface area (Å²) >= 11 is 6.23. The van der Waals surface area contributed by atoms with E-state index in [-0.39, 0.29) is 12.5 Å². The number of hydrogen-bond acceptors (Lipinski definition) is 6. The van der Waals surface area contributed by atoms with Gasteiger partial charge in [0, 0.05) is 34.7 Å². The summed E-state index contributed by atoms with van der Waals surface area (Å²) in [5, 5.41) is 15.0. The zero-order valence-corrected chi connectivity index (χ0v) is 19.9. The van der Waals surface area contributed by atoms with Gasteiger partial charge in [-0.2, -0.15) is 10.2 Å². The maximum atomic E-state index is 13.1. The van der Waals surface area contributed by atoms with Gasteiger partial charge in [-0.25, -0.2) is 9.50 Å². The summed E-state index contributed by atoms with van der Waals surface area (Å²) in [6.45, 7) is 5.64. The topological polar surface area (TPSA) is 115 Å². The molecule has 34 heavy (non-hydrogen) atoms. The summed E-state index contributed by atoms with van der Waals surface area (Å²) in [4.78, 5) is 29.9. The number of carbonyl (C=O) groups is 2. The summed E-state index contributed by atoms with van der Waals surface area (Å²) in [7, 11) is 1.53. The molecule has 0 bridgehead atoms. The molecular weight excluding hydrogens is 458 g/mol. The van der Waals surface area contributed by atoms with E-state index in [1.807, 2.05) is 20.8 Å². The van der Waals surface area contributed by atoms with Gasteiger partial charge in [0.25, 0.3) is 5.91 Å². The molecule has 4 rings (SSSR count). The minimum atomic E-state index is -0.422. The van der Waals surface area contributed by atoms with Crippen molar-refractivity contribution in [2.75, 3.05) is 12.4 Å². The highest BCUT2D eigenvalue weighted by atomic mass is 35.5. The van der Waals surface area contributed by atoms with Gasteiger partial charge in [-0.05, 0) is 45.0 Å². The second kappa shape index (κ2) is 9.14. The number of nitrogens with one attached hydrogen (secondary N) is 2. The molecule has 0 atom stereocenters. The van der Waals surface area contributed by atoms with Crippen LogP contribution in [0.15, 0.2) is 49.1 Å². The van der Waals surface area contributed by atoms with Crippen molar-refractivity contribution < 1.29 is 14.3 Å². The van der Waals surface area contributed by atoms with Crippen molar-refractivity contribution in [2.45, 2.75) is 32.9 Å². The van der Waals surface area contributed by atoms with Crippen LogP contribution in [0.5, 0.6) is 5.75 Å². The van der Waals surface area contributed by atoms with Crippen LogP contribution in [0.25, 0.3) is 16.9 Å². The number of amides is 2. The Hall–Kier alpha value is -3.92. The van der Waals surface area contributed by atoms with E-state index in [1.54, 1.807) is 42.9 Å². The van der Waals surface area contributed by atoms with Crippen LogP contribution in [-0.2, 0) is 11.3 Å². The second-order valence-corrected chi connectivity index (χ2v) is 9.07. The molecule has 0 saturated carbocycles. The Balaban J connectivity index is 1.72. The first-order valence-corrected chi connectivity index (χ1v) is 10.8. The van der Waals surface area contributed by atoms with Crippen LogP contribution in [0.3, 0.4) is 0 Å². The standard InChI is InChI=1S/C23H24ClN7O3/c1-23(2,3)28-19(32)13-30-12-17(20(29-30)15-10-14(24)6-7-18(15)34-4)27-22(33)16-11-26-31-9-5-8-25-21(16)31/h5-12H,13H2,1-4H3,(H,27,33)(H,28,32). The van der Waals surface area contributed by atoms with Gasteiger partial charge in [0.1, 0.15) is 23.6 Å². The molecule has 0 spiro atoms. The average Bonchev–Trinajstić information content (AvgIpc) is 3.36. The van der Waals surface area contributed by atoms with E-state index >= 15 is 0 Å². The maximum absolute atomic E-state index is 13.1. The molecule has 0 aliphatic heterocycles. The van der Waals surface area contributed by atoms with Crippen LogP contribution < -0.4 is 15.4 Å². The van der Waals surface area contributed by atoms with Gasteiger partial charge in [0.05, 0.1) is 19.0 Å². The van der Waals surface area contributed by atoms with Gasteiger partial charge in [0.2, 0.25) is 5.91 Å². The number of hydrogen-bond donors (Lipinski definition) is 2. The molecule has 0 unspecified atom stereocenters. The third-order valence-electron chi connectivity index (χ3n) is 4.77. The summed E-state index contributed by atoms with van der Waals surface area (Å²) in [5.74, 6) is -0.124. The largest absolute Gasteiger partial charge is 0.496 e. The first-order chi connectivity index (χ1) is 16.1. The number of halogens is 1. The molecular formula is C23H24ClN7O3. The number of methoxy groups -OCH3 is 1. The Morgan fingerprint density at radius 2 is 2.03 bits per heavy atom. The van der Waals surface area contributed by atoms with Crippen LogP contribution in [0, 0.1) is 0 Å². The highest BCUT2D eigenvalue weighted by molar-refractivity contribution is 6.31. The van der Waals surface area contributed by atoms with Gasteiger partial charge in [-0.1, -0.05) is 11.6 Å². The highest BCUT2D eigenvalue weighted by Crippen LogP contribution is 2.36. The third-order valence-corrected chi connectivity index (χ3v) is 5.01. The highest BCUT2D eigenvalue weighted by Gasteiger charge is 2.22. The molecule has 11 heteroatoms. The minimum Gasteiger partial charge on any atom is -0.496 e. The quantitative estimate of drug-likeness (QED) is 0.436. The number of ether oxygens (including phenoxy) is 1. The van der Waals surface area contributed by atoms with Gasteiger partial charge in [0.15, 0.2) is 5.65 Å². The number of aromatic nitrogens is 5. The zero-order valence-electron chi connectivity index (χ0n) is 19.2. The van der Waals surface area contributed by atoms with E-state index in [0.717, 1.165) is 0 Å². The maximum Gasteiger partial charge on any atom is 0.261 e. The molecule has 3 aromatic heterocycles.